The first-order valence-corrected chi connectivity index (χ1v) is 9.92. The maximum atomic E-state index is 12.8. The van der Waals surface area contributed by atoms with Crippen LogP contribution in [0.15, 0.2) is 53.2 Å². The fourth-order valence-corrected chi connectivity index (χ4v) is 3.26. The predicted octanol–water partition coefficient (Wildman–Crippen LogP) is 2.42. The minimum atomic E-state index is -4.75. The van der Waals surface area contributed by atoms with Crippen LogP contribution in [0.3, 0.4) is 0 Å². The second kappa shape index (κ2) is 9.36. The van der Waals surface area contributed by atoms with E-state index >= 15 is 0 Å². The van der Waals surface area contributed by atoms with Crippen molar-refractivity contribution in [2.24, 2.45) is 0 Å². The number of benzene rings is 1. The number of amides is 2. The van der Waals surface area contributed by atoms with Crippen molar-refractivity contribution in [1.29, 1.82) is 0 Å². The summed E-state index contributed by atoms with van der Waals surface area (Å²) in [7, 11) is 0. The molecule has 4 rings (SSSR count). The van der Waals surface area contributed by atoms with Crippen LogP contribution in [0, 0.1) is 0 Å². The summed E-state index contributed by atoms with van der Waals surface area (Å²) in [6, 6.07) is 11.1. The number of aromatic nitrogens is 3. The van der Waals surface area contributed by atoms with Gasteiger partial charge in [0, 0.05) is 30.4 Å². The van der Waals surface area contributed by atoms with E-state index in [1.165, 1.54) is 18.3 Å². The summed E-state index contributed by atoms with van der Waals surface area (Å²) in [6.07, 6.45) is -3.58. The van der Waals surface area contributed by atoms with Gasteiger partial charge in [0.2, 0.25) is 5.82 Å². The van der Waals surface area contributed by atoms with Crippen molar-refractivity contribution < 1.29 is 32.0 Å². The monoisotopic (exact) mass is 461 g/mol. The van der Waals surface area contributed by atoms with E-state index in [2.05, 4.69) is 25.0 Å². The fourth-order valence-electron chi connectivity index (χ4n) is 3.26. The molecular weight excluding hydrogens is 443 g/mol. The van der Waals surface area contributed by atoms with Crippen molar-refractivity contribution in [2.75, 3.05) is 26.3 Å². The van der Waals surface area contributed by atoms with Crippen molar-refractivity contribution in [3.05, 3.63) is 65.8 Å². The molecule has 3 aromatic rings. The molecule has 0 saturated carbocycles. The Morgan fingerprint density at radius 1 is 1.15 bits per heavy atom. The molecule has 1 saturated heterocycles. The van der Waals surface area contributed by atoms with Gasteiger partial charge < -0.3 is 19.5 Å². The minimum absolute atomic E-state index is 0.0379. The van der Waals surface area contributed by atoms with E-state index in [1.54, 1.807) is 29.2 Å². The van der Waals surface area contributed by atoms with E-state index in [1.807, 2.05) is 6.07 Å². The lowest BCUT2D eigenvalue weighted by atomic mass is 10.1. The molecule has 1 aromatic carbocycles. The molecule has 33 heavy (non-hydrogen) atoms. The number of carbonyl (C=O) groups excluding carboxylic acids is 2. The van der Waals surface area contributed by atoms with E-state index in [9.17, 15) is 22.8 Å². The summed E-state index contributed by atoms with van der Waals surface area (Å²) in [6.45, 7) is 1.20. The fraction of sp³-hybridized carbons (Fsp3) is 0.286. The summed E-state index contributed by atoms with van der Waals surface area (Å²) in [5.41, 5.74) is 0.741. The molecule has 1 aliphatic heterocycles. The Hall–Kier alpha value is -3.80. The number of alkyl halides is 3. The van der Waals surface area contributed by atoms with E-state index in [0.29, 0.717) is 18.7 Å². The SMILES string of the molecule is O=C(NCC1COCCN1C(=O)c1ccccc1)c1ccc(-c2noc(C(F)(F)F)n2)cn1. The van der Waals surface area contributed by atoms with Crippen molar-refractivity contribution in [3.8, 4) is 11.4 Å². The van der Waals surface area contributed by atoms with Crippen molar-refractivity contribution in [1.82, 2.24) is 25.3 Å². The number of nitrogens with zero attached hydrogens (tertiary/aromatic N) is 4. The van der Waals surface area contributed by atoms with Gasteiger partial charge in [-0.15, -0.1) is 0 Å². The number of morpholine rings is 1. The zero-order chi connectivity index (χ0) is 23.4. The first-order valence-electron chi connectivity index (χ1n) is 9.92. The number of rotatable bonds is 5. The Bertz CT molecular complexity index is 1120. The molecule has 0 spiro atoms. The van der Waals surface area contributed by atoms with Crippen LogP contribution < -0.4 is 5.32 Å². The van der Waals surface area contributed by atoms with Gasteiger partial charge >= 0.3 is 12.1 Å². The van der Waals surface area contributed by atoms with Crippen molar-refractivity contribution >= 4 is 11.8 Å². The van der Waals surface area contributed by atoms with Crippen LogP contribution in [-0.4, -0.2) is 64.2 Å². The molecule has 1 unspecified atom stereocenters. The molecule has 1 atom stereocenters. The van der Waals surface area contributed by atoms with Gasteiger partial charge in [0.25, 0.3) is 11.8 Å². The zero-order valence-electron chi connectivity index (χ0n) is 17.1. The topological polar surface area (TPSA) is 110 Å². The smallest absolute Gasteiger partial charge is 0.377 e. The second-order valence-electron chi connectivity index (χ2n) is 7.16. The first-order chi connectivity index (χ1) is 15.8. The summed E-state index contributed by atoms with van der Waals surface area (Å²) in [5, 5.41) is 5.99. The molecule has 3 heterocycles. The molecule has 1 N–H and O–H groups in total. The largest absolute Gasteiger partial charge is 0.471 e. The van der Waals surface area contributed by atoms with E-state index in [-0.39, 0.29) is 42.2 Å². The third-order valence-corrected chi connectivity index (χ3v) is 4.93. The van der Waals surface area contributed by atoms with Crippen LogP contribution in [-0.2, 0) is 10.9 Å². The number of carbonyl (C=O) groups is 2. The summed E-state index contributed by atoms with van der Waals surface area (Å²) >= 11 is 0. The Morgan fingerprint density at radius 2 is 1.94 bits per heavy atom. The highest BCUT2D eigenvalue weighted by atomic mass is 19.4. The number of hydrogen-bond donors (Lipinski definition) is 1. The van der Waals surface area contributed by atoms with E-state index < -0.39 is 18.0 Å². The van der Waals surface area contributed by atoms with Crippen LogP contribution in [0.2, 0.25) is 0 Å². The third-order valence-electron chi connectivity index (χ3n) is 4.93. The molecule has 2 aromatic heterocycles. The van der Waals surface area contributed by atoms with Crippen molar-refractivity contribution in [2.45, 2.75) is 12.2 Å². The van der Waals surface area contributed by atoms with Crippen LogP contribution in [0.25, 0.3) is 11.4 Å². The highest BCUT2D eigenvalue weighted by molar-refractivity contribution is 5.95. The molecule has 172 valence electrons. The molecule has 1 fully saturated rings. The maximum absolute atomic E-state index is 12.8. The standard InChI is InChI=1S/C21H18F3N5O4/c22-21(23,24)20-27-17(28-33-20)14-6-7-16(25-10-14)18(30)26-11-15-12-32-9-8-29(15)19(31)13-4-2-1-3-5-13/h1-7,10,15H,8-9,11-12H2,(H,26,30). The molecule has 0 bridgehead atoms. The molecular formula is C21H18F3N5O4. The third kappa shape index (κ3) is 5.17. The van der Waals surface area contributed by atoms with Gasteiger partial charge in [-0.05, 0) is 24.3 Å². The maximum Gasteiger partial charge on any atom is 0.471 e. The van der Waals surface area contributed by atoms with Gasteiger partial charge in [-0.3, -0.25) is 14.6 Å². The molecule has 9 nitrogen and oxygen atoms in total. The van der Waals surface area contributed by atoms with E-state index in [4.69, 9.17) is 4.74 Å². The minimum Gasteiger partial charge on any atom is -0.377 e. The first kappa shape index (κ1) is 22.4. The van der Waals surface area contributed by atoms with Gasteiger partial charge in [-0.2, -0.15) is 18.2 Å². The Kier molecular flexibility index (Phi) is 6.36. The van der Waals surface area contributed by atoms with Gasteiger partial charge in [0.15, 0.2) is 0 Å². The summed E-state index contributed by atoms with van der Waals surface area (Å²) in [5.74, 6) is -2.43. The number of nitrogens with one attached hydrogen (secondary N) is 1. The van der Waals surface area contributed by atoms with Gasteiger partial charge in [0.1, 0.15) is 5.69 Å². The number of pyridine rings is 1. The van der Waals surface area contributed by atoms with E-state index in [0.717, 1.165) is 0 Å². The average molecular weight is 461 g/mol. The number of ether oxygens (including phenoxy) is 1. The highest BCUT2D eigenvalue weighted by Crippen LogP contribution is 2.29. The molecule has 0 radical (unpaired) electrons. The Morgan fingerprint density at radius 3 is 2.61 bits per heavy atom. The average Bonchev–Trinajstić information content (AvgIpc) is 3.34. The molecule has 1 aliphatic rings. The van der Waals surface area contributed by atoms with Crippen LogP contribution in [0.5, 0.6) is 0 Å². The molecule has 0 aliphatic carbocycles. The second-order valence-corrected chi connectivity index (χ2v) is 7.16. The Labute approximate surface area is 185 Å². The lowest BCUT2D eigenvalue weighted by Crippen LogP contribution is -2.53. The number of hydrogen-bond acceptors (Lipinski definition) is 7. The lowest BCUT2D eigenvalue weighted by molar-refractivity contribution is -0.159. The molecule has 12 heteroatoms. The molecule has 2 amide bonds. The lowest BCUT2D eigenvalue weighted by Gasteiger charge is -2.35. The number of halogens is 3. The highest BCUT2D eigenvalue weighted by Gasteiger charge is 2.38. The summed E-state index contributed by atoms with van der Waals surface area (Å²) in [4.78, 5) is 34.2. The normalized spacial score (nSPS) is 16.5. The Balaban J connectivity index is 1.38. The van der Waals surface area contributed by atoms with Gasteiger partial charge in [-0.1, -0.05) is 23.4 Å². The quantitative estimate of drug-likeness (QED) is 0.621. The van der Waals surface area contributed by atoms with Gasteiger partial charge in [0.05, 0.1) is 19.3 Å². The zero-order valence-corrected chi connectivity index (χ0v) is 17.1. The van der Waals surface area contributed by atoms with Crippen LogP contribution >= 0.6 is 0 Å². The summed E-state index contributed by atoms with van der Waals surface area (Å²) < 4.78 is 47.5. The van der Waals surface area contributed by atoms with Crippen LogP contribution in [0.1, 0.15) is 26.7 Å². The van der Waals surface area contributed by atoms with Gasteiger partial charge in [-0.25, -0.2) is 0 Å². The van der Waals surface area contributed by atoms with Crippen LogP contribution in [0.4, 0.5) is 13.2 Å². The van der Waals surface area contributed by atoms with Crippen molar-refractivity contribution in [3.63, 3.8) is 0 Å². The predicted molar refractivity (Wildman–Crippen MR) is 107 cm³/mol.